The molecule has 0 aliphatic carbocycles. The summed E-state index contributed by atoms with van der Waals surface area (Å²) in [5.41, 5.74) is 18.9. The van der Waals surface area contributed by atoms with Crippen LogP contribution < -0.4 is 5.73 Å². The second-order valence-electron chi connectivity index (χ2n) is 12.2. The van der Waals surface area contributed by atoms with Crippen molar-refractivity contribution in [1.29, 1.82) is 0 Å². The third-order valence-electron chi connectivity index (χ3n) is 8.37. The van der Waals surface area contributed by atoms with Crippen molar-refractivity contribution in [3.63, 3.8) is 0 Å². The zero-order valence-electron chi connectivity index (χ0n) is 28.4. The van der Waals surface area contributed by atoms with Gasteiger partial charge in [0.15, 0.2) is 0 Å². The van der Waals surface area contributed by atoms with Gasteiger partial charge in [0, 0.05) is 10.2 Å². The Hall–Kier alpha value is -5.96. The smallest absolute Gasteiger partial charge is 0.0313 e. The first kappa shape index (κ1) is 37.3. The van der Waals surface area contributed by atoms with E-state index in [1.165, 1.54) is 55.6 Å². The average molecular weight is 739 g/mol. The molecule has 256 valence electrons. The Bertz CT molecular complexity index is 2090. The highest BCUT2D eigenvalue weighted by Gasteiger charge is 2.07. The number of benzene rings is 8. The number of nitrogens with two attached hydrogens (primary N) is 1. The lowest BCUT2D eigenvalue weighted by atomic mass is 9.93. The molecule has 0 saturated carbocycles. The largest absolute Gasteiger partial charge is 0.399 e. The van der Waals surface area contributed by atoms with Crippen molar-refractivity contribution in [2.45, 2.75) is 13.8 Å². The van der Waals surface area contributed by atoms with Crippen molar-refractivity contribution < 1.29 is 0 Å². The van der Waals surface area contributed by atoms with Gasteiger partial charge in [0.25, 0.3) is 0 Å². The van der Waals surface area contributed by atoms with Crippen molar-refractivity contribution in [1.82, 2.24) is 0 Å². The Morgan fingerprint density at radius 1 is 0.308 bits per heavy atom. The molecule has 1 nitrogen and oxygen atoms in total. The van der Waals surface area contributed by atoms with E-state index in [4.69, 9.17) is 5.73 Å². The Morgan fingerprint density at radius 2 is 0.596 bits per heavy atom. The molecule has 0 atom stereocenters. The van der Waals surface area contributed by atoms with Crippen LogP contribution in [0.15, 0.2) is 223 Å². The molecule has 52 heavy (non-hydrogen) atoms. The minimum Gasteiger partial charge on any atom is -0.399 e. The Morgan fingerprint density at radius 3 is 0.904 bits per heavy atom. The highest BCUT2D eigenvalue weighted by atomic mass is 79.9. The van der Waals surface area contributed by atoms with Crippen LogP contribution in [0.25, 0.3) is 44.5 Å². The predicted octanol–water partition coefficient (Wildman–Crippen LogP) is 14.3. The quantitative estimate of drug-likeness (QED) is 0.169. The minimum atomic E-state index is 0. The van der Waals surface area contributed by atoms with Gasteiger partial charge < -0.3 is 5.73 Å². The molecule has 0 unspecified atom stereocenters. The van der Waals surface area contributed by atoms with E-state index in [0.717, 1.165) is 16.6 Å². The topological polar surface area (TPSA) is 26.0 Å². The van der Waals surface area contributed by atoms with Crippen molar-refractivity contribution >= 4 is 21.6 Å². The van der Waals surface area contributed by atoms with Gasteiger partial charge in [-0.2, -0.15) is 0 Å². The van der Waals surface area contributed by atoms with Gasteiger partial charge >= 0.3 is 0 Å². The second kappa shape index (κ2) is 19.4. The van der Waals surface area contributed by atoms with Crippen LogP contribution in [0.4, 0.5) is 5.69 Å². The van der Waals surface area contributed by atoms with Crippen LogP contribution in [0.3, 0.4) is 0 Å². The van der Waals surface area contributed by atoms with Crippen LogP contribution >= 0.6 is 15.9 Å². The molecule has 0 saturated heterocycles. The third-order valence-corrected chi connectivity index (χ3v) is 8.83. The van der Waals surface area contributed by atoms with Crippen molar-refractivity contribution in [2.75, 3.05) is 5.73 Å². The molecule has 2 N–H and O–H groups in total. The Balaban J connectivity index is 0.000000171. The van der Waals surface area contributed by atoms with Crippen LogP contribution in [0, 0.1) is 0 Å². The van der Waals surface area contributed by atoms with Crippen LogP contribution in [-0.4, -0.2) is 0 Å². The summed E-state index contributed by atoms with van der Waals surface area (Å²) in [5.74, 6) is 0. The molecule has 8 aromatic rings. The molecule has 0 radical (unpaired) electrons. The van der Waals surface area contributed by atoms with E-state index < -0.39 is 0 Å². The van der Waals surface area contributed by atoms with Crippen LogP contribution in [-0.2, 0) is 6.42 Å². The maximum atomic E-state index is 5.36. The van der Waals surface area contributed by atoms with Crippen LogP contribution in [0.1, 0.15) is 18.6 Å². The summed E-state index contributed by atoms with van der Waals surface area (Å²) in [6.07, 6.45) is 0.946. The zero-order valence-corrected chi connectivity index (χ0v) is 30.0. The van der Waals surface area contributed by atoms with Gasteiger partial charge in [0.2, 0.25) is 0 Å². The van der Waals surface area contributed by atoms with Gasteiger partial charge in [-0.15, -0.1) is 0 Å². The lowest BCUT2D eigenvalue weighted by molar-refractivity contribution is 1.19. The summed E-state index contributed by atoms with van der Waals surface area (Å²) in [6.45, 7) is 0. The summed E-state index contributed by atoms with van der Waals surface area (Å²) < 4.78 is 1.10. The number of anilines is 1. The highest BCUT2D eigenvalue weighted by Crippen LogP contribution is 2.31. The first-order valence-electron chi connectivity index (χ1n) is 17.1. The van der Waals surface area contributed by atoms with Crippen LogP contribution in [0.5, 0.6) is 0 Å². The monoisotopic (exact) mass is 737 g/mol. The standard InChI is InChI=1S/C25H20.C18H13Br.C6H7N.CH4/c1-4-10-20(11-5-1)16-21-17-24(22-12-6-2-7-13-22)19-25(18-21)23-14-8-3-9-15-23;19-18-12-16(14-7-3-1-4-8-14)11-17(13-18)15-9-5-2-6-10-15;7-6-4-2-1-3-5-6;/h1-15,17-19H,16H2;1-13H;1-5H,7H2;1H4. The van der Waals surface area contributed by atoms with Crippen molar-refractivity contribution in [3.8, 4) is 44.5 Å². The van der Waals surface area contributed by atoms with Gasteiger partial charge in [-0.1, -0.05) is 205 Å². The van der Waals surface area contributed by atoms with Crippen LogP contribution in [0.2, 0.25) is 0 Å². The number of rotatable bonds is 6. The number of nitrogen functional groups attached to an aromatic ring is 1. The van der Waals surface area contributed by atoms with Gasteiger partial charge in [0.05, 0.1) is 0 Å². The van der Waals surface area contributed by atoms with Crippen molar-refractivity contribution in [2.24, 2.45) is 0 Å². The average Bonchev–Trinajstić information content (AvgIpc) is 3.20. The molecular formula is C50H44BrN. The highest BCUT2D eigenvalue weighted by molar-refractivity contribution is 9.10. The van der Waals surface area contributed by atoms with Gasteiger partial charge in [-0.05, 0) is 98.5 Å². The van der Waals surface area contributed by atoms with E-state index in [1.807, 2.05) is 42.5 Å². The molecule has 0 heterocycles. The van der Waals surface area contributed by atoms with E-state index in [2.05, 4.69) is 192 Å². The molecule has 0 aliphatic rings. The minimum absolute atomic E-state index is 0. The first-order valence-corrected chi connectivity index (χ1v) is 17.9. The fraction of sp³-hybridized carbons (Fsp3) is 0.0400. The zero-order chi connectivity index (χ0) is 35.1. The molecular weight excluding hydrogens is 694 g/mol. The maximum absolute atomic E-state index is 5.36. The third kappa shape index (κ3) is 11.0. The molecule has 0 aliphatic heterocycles. The van der Waals surface area contributed by atoms with Gasteiger partial charge in [0.1, 0.15) is 0 Å². The fourth-order valence-corrected chi connectivity index (χ4v) is 6.35. The Kier molecular flexibility index (Phi) is 13.9. The molecule has 8 aromatic carbocycles. The lowest BCUT2D eigenvalue weighted by Crippen LogP contribution is -1.91. The first-order chi connectivity index (χ1) is 25.1. The second-order valence-corrected chi connectivity index (χ2v) is 13.1. The number of hydrogen-bond acceptors (Lipinski definition) is 1. The van der Waals surface area contributed by atoms with E-state index in [9.17, 15) is 0 Å². The van der Waals surface area contributed by atoms with Gasteiger partial charge in [-0.3, -0.25) is 0 Å². The summed E-state index contributed by atoms with van der Waals surface area (Å²) in [4.78, 5) is 0. The summed E-state index contributed by atoms with van der Waals surface area (Å²) in [6, 6.07) is 75.7. The molecule has 8 rings (SSSR count). The fourth-order valence-electron chi connectivity index (χ4n) is 5.86. The van der Waals surface area contributed by atoms with E-state index in [0.29, 0.717) is 0 Å². The van der Waals surface area contributed by atoms with E-state index in [1.54, 1.807) is 0 Å². The lowest BCUT2D eigenvalue weighted by Gasteiger charge is -2.11. The molecule has 0 fully saturated rings. The van der Waals surface area contributed by atoms with E-state index in [-0.39, 0.29) is 7.43 Å². The molecule has 0 aromatic heterocycles. The molecule has 0 amide bonds. The number of halogens is 1. The normalized spacial score (nSPS) is 10.0. The number of hydrogen-bond donors (Lipinski definition) is 1. The van der Waals surface area contributed by atoms with Gasteiger partial charge in [-0.25, -0.2) is 0 Å². The Labute approximate surface area is 318 Å². The maximum Gasteiger partial charge on any atom is 0.0313 e. The molecule has 0 spiro atoms. The van der Waals surface area contributed by atoms with Crippen molar-refractivity contribution in [3.05, 3.63) is 234 Å². The molecule has 2 heteroatoms. The van der Waals surface area contributed by atoms with E-state index >= 15 is 0 Å². The SMILES string of the molecule is Brc1cc(-c2ccccc2)cc(-c2ccccc2)c1.C.Nc1ccccc1.c1ccc(Cc2cc(-c3ccccc3)cc(-c3ccccc3)c2)cc1. The summed E-state index contributed by atoms with van der Waals surface area (Å²) in [7, 11) is 0. The predicted molar refractivity (Wildman–Crippen MR) is 229 cm³/mol. The summed E-state index contributed by atoms with van der Waals surface area (Å²) in [5, 5.41) is 0. The molecule has 0 bridgehead atoms. The summed E-state index contributed by atoms with van der Waals surface area (Å²) >= 11 is 3.61. The number of para-hydroxylation sites is 1.